The molecule has 0 fully saturated rings. The molecule has 62 heavy (non-hydrogen) atoms. The van der Waals surface area contributed by atoms with Crippen molar-refractivity contribution in [2.45, 2.75) is 208 Å². The first-order valence-corrected chi connectivity index (χ1v) is 24.3. The maximum absolute atomic E-state index is 12.6. The molecule has 0 unspecified atom stereocenters. The van der Waals surface area contributed by atoms with E-state index in [2.05, 4.69) is 145 Å². The van der Waals surface area contributed by atoms with Gasteiger partial charge in [-0.05, 0) is 101 Å². The fraction of sp³-hybridized carbons (Fsp3) is 0.586. The Morgan fingerprint density at radius 2 is 0.581 bits per heavy atom. The van der Waals surface area contributed by atoms with Crippen LogP contribution >= 0.6 is 0 Å². The van der Waals surface area contributed by atoms with Crippen LogP contribution in [0.5, 0.6) is 23.0 Å². The Morgan fingerprint density at radius 3 is 0.806 bits per heavy atom. The number of benzene rings is 4. The van der Waals surface area contributed by atoms with E-state index in [4.69, 9.17) is 9.47 Å². The van der Waals surface area contributed by atoms with Crippen LogP contribution in [0.2, 0.25) is 0 Å². The lowest BCUT2D eigenvalue weighted by Crippen LogP contribution is -2.17. The van der Waals surface area contributed by atoms with Crippen LogP contribution in [0.25, 0.3) is 0 Å². The second kappa shape index (κ2) is 20.3. The first kappa shape index (κ1) is 49.1. The Morgan fingerprint density at radius 1 is 0.355 bits per heavy atom. The molecule has 1 aliphatic carbocycles. The highest BCUT2D eigenvalue weighted by molar-refractivity contribution is 5.59. The van der Waals surface area contributed by atoms with Crippen LogP contribution in [0.4, 0.5) is 0 Å². The summed E-state index contributed by atoms with van der Waals surface area (Å²) in [4.78, 5) is 0. The van der Waals surface area contributed by atoms with Crippen molar-refractivity contribution in [3.05, 3.63) is 115 Å². The Balaban J connectivity index is 1.85. The zero-order chi connectivity index (χ0) is 45.6. The molecule has 0 amide bonds. The summed E-state index contributed by atoms with van der Waals surface area (Å²) < 4.78 is 13.9. The average molecular weight is 845 g/mol. The summed E-state index contributed by atoms with van der Waals surface area (Å²) in [7, 11) is 0. The van der Waals surface area contributed by atoms with Gasteiger partial charge in [0.2, 0.25) is 0 Å². The molecule has 0 aromatic heterocycles. The summed E-state index contributed by atoms with van der Waals surface area (Å²) in [5.41, 5.74) is 12.3. The third kappa shape index (κ3) is 12.6. The third-order valence-electron chi connectivity index (χ3n) is 13.0. The standard InChI is InChI=1S/C58H84O4/c1-15-17-19-21-23-25-61-53-43-27-39-31-47(55(3,4)5)33-41(51(39)59)29-45-37-50(58(12,13)14)38-46(54(45)62-26-24-22-20-18-16-2)30-42-34-48(56(6,7)8)32-40(52(42)60)28-44(53)36-49(35-43)57(9,10)11/h31-38,59-60H,15-30H2,1-14H3. The van der Waals surface area contributed by atoms with Crippen molar-refractivity contribution in [2.24, 2.45) is 0 Å². The fourth-order valence-corrected chi connectivity index (χ4v) is 8.78. The van der Waals surface area contributed by atoms with Crippen LogP contribution < -0.4 is 9.47 Å². The molecule has 5 rings (SSSR count). The molecule has 4 aromatic rings. The third-order valence-corrected chi connectivity index (χ3v) is 13.0. The topological polar surface area (TPSA) is 58.9 Å². The van der Waals surface area contributed by atoms with Gasteiger partial charge in [-0.3, -0.25) is 0 Å². The fourth-order valence-electron chi connectivity index (χ4n) is 8.78. The van der Waals surface area contributed by atoms with E-state index in [1.807, 2.05) is 0 Å². The molecule has 0 saturated carbocycles. The predicted molar refractivity (Wildman–Crippen MR) is 264 cm³/mol. The zero-order valence-electron chi connectivity index (χ0n) is 41.6. The van der Waals surface area contributed by atoms with Crippen LogP contribution in [0, 0.1) is 0 Å². The largest absolute Gasteiger partial charge is 0.507 e. The minimum atomic E-state index is -0.143. The molecule has 4 nitrogen and oxygen atoms in total. The van der Waals surface area contributed by atoms with Crippen molar-refractivity contribution >= 4 is 0 Å². The summed E-state index contributed by atoms with van der Waals surface area (Å²) in [6, 6.07) is 18.2. The van der Waals surface area contributed by atoms with E-state index in [-0.39, 0.29) is 21.7 Å². The summed E-state index contributed by atoms with van der Waals surface area (Å²) in [5, 5.41) is 25.2. The molecule has 0 atom stereocenters. The SMILES string of the molecule is CCCCCCCOc1c2cc(C(C)(C)C)cc1Cc1cc(C(C)(C)C)cc(c1O)Cc1cc(C(C)(C)C)cc(c1OCCCCCCC)Cc1cc(C(C)(C)C)cc(c1O)C2. The number of fused-ring (bicyclic) bond motifs is 8. The molecule has 4 heteroatoms. The van der Waals surface area contributed by atoms with Gasteiger partial charge in [-0.25, -0.2) is 0 Å². The second-order valence-electron chi connectivity index (χ2n) is 22.8. The van der Waals surface area contributed by atoms with Gasteiger partial charge in [-0.2, -0.15) is 0 Å². The van der Waals surface area contributed by atoms with Crippen LogP contribution in [-0.4, -0.2) is 23.4 Å². The van der Waals surface area contributed by atoms with Gasteiger partial charge >= 0.3 is 0 Å². The van der Waals surface area contributed by atoms with Gasteiger partial charge in [0.05, 0.1) is 13.2 Å². The van der Waals surface area contributed by atoms with Crippen LogP contribution in [-0.2, 0) is 47.3 Å². The number of phenols is 2. The van der Waals surface area contributed by atoms with Gasteiger partial charge in [-0.15, -0.1) is 0 Å². The summed E-state index contributed by atoms with van der Waals surface area (Å²) in [6.07, 6.45) is 13.7. The van der Waals surface area contributed by atoms with Crippen molar-refractivity contribution in [3.63, 3.8) is 0 Å². The minimum Gasteiger partial charge on any atom is -0.507 e. The monoisotopic (exact) mass is 845 g/mol. The van der Waals surface area contributed by atoms with Crippen LogP contribution in [0.15, 0.2) is 48.5 Å². The highest BCUT2D eigenvalue weighted by Gasteiger charge is 2.28. The van der Waals surface area contributed by atoms with E-state index in [1.165, 1.54) is 60.8 Å². The maximum atomic E-state index is 12.6. The van der Waals surface area contributed by atoms with Crippen molar-refractivity contribution in [1.29, 1.82) is 0 Å². The summed E-state index contributed by atoms with van der Waals surface area (Å²) in [5.74, 6) is 2.48. The lowest BCUT2D eigenvalue weighted by Gasteiger charge is -2.28. The Kier molecular flexibility index (Phi) is 16.1. The number of hydrogen-bond donors (Lipinski definition) is 2. The zero-order valence-corrected chi connectivity index (χ0v) is 41.6. The minimum absolute atomic E-state index is 0.135. The maximum Gasteiger partial charge on any atom is 0.126 e. The Bertz CT molecular complexity index is 1880. The van der Waals surface area contributed by atoms with Crippen molar-refractivity contribution in [3.8, 4) is 23.0 Å². The molecule has 0 radical (unpaired) electrons. The normalized spacial score (nSPS) is 13.6. The first-order chi connectivity index (χ1) is 29.0. The number of phenolic OH excluding ortho intramolecular Hbond substituents is 2. The molecule has 4 aromatic carbocycles. The predicted octanol–water partition coefficient (Wildman–Crippen LogP) is 15.7. The molecular weight excluding hydrogens is 761 g/mol. The van der Waals surface area contributed by atoms with E-state index in [9.17, 15) is 10.2 Å². The van der Waals surface area contributed by atoms with E-state index >= 15 is 0 Å². The van der Waals surface area contributed by atoms with Gasteiger partial charge in [0.15, 0.2) is 0 Å². The Labute approximate surface area is 378 Å². The summed E-state index contributed by atoms with van der Waals surface area (Å²) >= 11 is 0. The van der Waals surface area contributed by atoms with Crippen LogP contribution in [0.3, 0.4) is 0 Å². The molecular formula is C58H84O4. The smallest absolute Gasteiger partial charge is 0.126 e. The quantitative estimate of drug-likeness (QED) is 0.109. The van der Waals surface area contributed by atoms with Crippen molar-refractivity contribution < 1.29 is 19.7 Å². The van der Waals surface area contributed by atoms with Gasteiger partial charge in [0.1, 0.15) is 23.0 Å². The number of hydrogen-bond acceptors (Lipinski definition) is 4. The van der Waals surface area contributed by atoms with E-state index < -0.39 is 0 Å². The van der Waals surface area contributed by atoms with E-state index in [1.54, 1.807) is 0 Å². The number of unbranched alkanes of at least 4 members (excludes halogenated alkanes) is 8. The summed E-state index contributed by atoms with van der Waals surface area (Å²) in [6.45, 7) is 33.0. The lowest BCUT2D eigenvalue weighted by atomic mass is 9.79. The molecule has 340 valence electrons. The average Bonchev–Trinajstić information content (AvgIpc) is 3.16. The van der Waals surface area contributed by atoms with Gasteiger partial charge in [-0.1, -0.05) is 197 Å². The van der Waals surface area contributed by atoms with Gasteiger partial charge in [0, 0.05) is 25.7 Å². The van der Waals surface area contributed by atoms with Gasteiger partial charge < -0.3 is 19.7 Å². The molecule has 2 N–H and O–H groups in total. The molecule has 0 heterocycles. The highest BCUT2D eigenvalue weighted by Crippen LogP contribution is 2.44. The van der Waals surface area contributed by atoms with Gasteiger partial charge in [0.25, 0.3) is 0 Å². The molecule has 1 aliphatic rings. The van der Waals surface area contributed by atoms with E-state index in [0.29, 0.717) is 50.4 Å². The lowest BCUT2D eigenvalue weighted by molar-refractivity contribution is 0.299. The molecule has 8 bridgehead atoms. The highest BCUT2D eigenvalue weighted by atomic mass is 16.5. The second-order valence-corrected chi connectivity index (χ2v) is 22.8. The van der Waals surface area contributed by atoms with Crippen molar-refractivity contribution in [1.82, 2.24) is 0 Å². The number of aromatic hydroxyl groups is 2. The van der Waals surface area contributed by atoms with E-state index in [0.717, 1.165) is 81.7 Å². The molecule has 0 saturated heterocycles. The van der Waals surface area contributed by atoms with Crippen LogP contribution in [0.1, 0.15) is 228 Å². The van der Waals surface area contributed by atoms with Crippen molar-refractivity contribution in [2.75, 3.05) is 13.2 Å². The molecule has 0 aliphatic heterocycles. The number of rotatable bonds is 14. The first-order valence-electron chi connectivity index (χ1n) is 24.3. The number of ether oxygens (including phenoxy) is 2. The Hall–Kier alpha value is -3.92. The molecule has 0 spiro atoms.